The molecule has 0 saturated heterocycles. The Morgan fingerprint density at radius 2 is 1.71 bits per heavy atom. The average Bonchev–Trinajstić information content (AvgIpc) is 2.40. The Hall–Kier alpha value is -1.31. The summed E-state index contributed by atoms with van der Waals surface area (Å²) in [6.45, 7) is 4.02. The highest BCUT2D eigenvalue weighted by molar-refractivity contribution is 14.1. The van der Waals surface area contributed by atoms with E-state index in [1.165, 1.54) is 12.1 Å². The Bertz CT molecular complexity index is 649. The van der Waals surface area contributed by atoms with Crippen molar-refractivity contribution in [3.05, 3.63) is 45.2 Å². The van der Waals surface area contributed by atoms with Crippen LogP contribution in [-0.2, 0) is 6.18 Å². The summed E-state index contributed by atoms with van der Waals surface area (Å²) in [6.07, 6.45) is -4.33. The Morgan fingerprint density at radius 1 is 1.14 bits per heavy atom. The van der Waals surface area contributed by atoms with E-state index in [4.69, 9.17) is 5.73 Å². The van der Waals surface area contributed by atoms with Gasteiger partial charge in [-0.25, -0.2) is 4.98 Å². The minimum atomic E-state index is -4.33. The van der Waals surface area contributed by atoms with E-state index in [0.717, 1.165) is 17.7 Å². The van der Waals surface area contributed by atoms with Crippen molar-refractivity contribution in [2.45, 2.75) is 25.9 Å². The summed E-state index contributed by atoms with van der Waals surface area (Å²) in [5.41, 5.74) is 8.17. The van der Waals surface area contributed by atoms with Crippen molar-refractivity contribution in [1.82, 2.24) is 4.98 Å². The van der Waals surface area contributed by atoms with E-state index in [1.54, 1.807) is 0 Å². The lowest BCUT2D eigenvalue weighted by atomic mass is 9.99. The summed E-state index contributed by atoms with van der Waals surface area (Å²) in [7, 11) is 0. The Balaban J connectivity index is 2.47. The van der Waals surface area contributed by atoms with Gasteiger partial charge in [-0.1, -0.05) is 26.0 Å². The largest absolute Gasteiger partial charge is 0.416 e. The zero-order valence-electron chi connectivity index (χ0n) is 11.5. The molecule has 2 aromatic rings. The van der Waals surface area contributed by atoms with Gasteiger partial charge < -0.3 is 5.73 Å². The molecule has 0 amide bonds. The summed E-state index contributed by atoms with van der Waals surface area (Å²) in [5, 5.41) is 0. The van der Waals surface area contributed by atoms with Crippen LogP contribution in [0.25, 0.3) is 11.3 Å². The number of halogens is 4. The number of nitrogens with zero attached hydrogens (tertiary/aromatic N) is 1. The number of pyridine rings is 1. The van der Waals surface area contributed by atoms with Crippen LogP contribution in [0.3, 0.4) is 0 Å². The van der Waals surface area contributed by atoms with Crippen LogP contribution in [0, 0.1) is 3.70 Å². The number of anilines is 1. The van der Waals surface area contributed by atoms with E-state index < -0.39 is 11.7 Å². The van der Waals surface area contributed by atoms with Crippen LogP contribution in [0.1, 0.15) is 30.9 Å². The van der Waals surface area contributed by atoms with Crippen molar-refractivity contribution >= 4 is 28.3 Å². The molecule has 1 heterocycles. The first-order chi connectivity index (χ1) is 9.70. The molecule has 2 N–H and O–H groups in total. The summed E-state index contributed by atoms with van der Waals surface area (Å²) >= 11 is 2.04. The van der Waals surface area contributed by atoms with E-state index in [-0.39, 0.29) is 5.92 Å². The highest BCUT2D eigenvalue weighted by Gasteiger charge is 2.30. The SMILES string of the molecule is CC(C)c1cc(-c2ccc(C(F)(F)F)cc2)nc(I)c1N. The van der Waals surface area contributed by atoms with E-state index in [9.17, 15) is 13.2 Å². The van der Waals surface area contributed by atoms with Gasteiger partial charge in [0.05, 0.1) is 16.9 Å². The molecule has 0 unspecified atom stereocenters. The fraction of sp³-hybridized carbons (Fsp3) is 0.267. The zero-order valence-corrected chi connectivity index (χ0v) is 13.7. The van der Waals surface area contributed by atoms with Crippen LogP contribution in [0.5, 0.6) is 0 Å². The van der Waals surface area contributed by atoms with E-state index in [0.29, 0.717) is 20.6 Å². The van der Waals surface area contributed by atoms with Crippen molar-refractivity contribution in [1.29, 1.82) is 0 Å². The second kappa shape index (κ2) is 5.82. The maximum Gasteiger partial charge on any atom is 0.416 e. The molecule has 0 fully saturated rings. The number of hydrogen-bond acceptors (Lipinski definition) is 2. The molecule has 112 valence electrons. The predicted molar refractivity (Wildman–Crippen MR) is 85.9 cm³/mol. The van der Waals surface area contributed by atoms with Crippen LogP contribution in [0.4, 0.5) is 18.9 Å². The van der Waals surface area contributed by atoms with Crippen molar-refractivity contribution in [2.75, 3.05) is 5.73 Å². The average molecular weight is 406 g/mol. The third kappa shape index (κ3) is 3.48. The number of nitrogens with two attached hydrogens (primary N) is 1. The van der Waals surface area contributed by atoms with Gasteiger partial charge in [-0.2, -0.15) is 13.2 Å². The fourth-order valence-corrected chi connectivity index (χ4v) is 2.57. The molecule has 0 aliphatic heterocycles. The highest BCUT2D eigenvalue weighted by Crippen LogP contribution is 2.33. The Kier molecular flexibility index (Phi) is 4.46. The van der Waals surface area contributed by atoms with Gasteiger partial charge in [-0.15, -0.1) is 0 Å². The second-order valence-corrected chi connectivity index (χ2v) is 6.05. The highest BCUT2D eigenvalue weighted by atomic mass is 127. The predicted octanol–water partition coefficient (Wildman–Crippen LogP) is 5.08. The molecular formula is C15H14F3IN2. The number of hydrogen-bond donors (Lipinski definition) is 1. The molecule has 1 aromatic heterocycles. The first-order valence-corrected chi connectivity index (χ1v) is 7.41. The van der Waals surface area contributed by atoms with Gasteiger partial charge in [0.15, 0.2) is 0 Å². The molecule has 0 saturated carbocycles. The molecular weight excluding hydrogens is 392 g/mol. The van der Waals surface area contributed by atoms with Crippen LogP contribution in [0.15, 0.2) is 30.3 Å². The first-order valence-electron chi connectivity index (χ1n) is 6.33. The molecule has 2 nitrogen and oxygen atoms in total. The maximum atomic E-state index is 12.6. The standard InChI is InChI=1S/C15H14F3IN2/c1-8(2)11-7-12(21-14(19)13(11)20)9-3-5-10(6-4-9)15(16,17)18/h3-8H,20H2,1-2H3. The van der Waals surface area contributed by atoms with Crippen molar-refractivity contribution in [2.24, 2.45) is 0 Å². The normalized spacial score (nSPS) is 12.0. The van der Waals surface area contributed by atoms with Crippen LogP contribution in [-0.4, -0.2) is 4.98 Å². The van der Waals surface area contributed by atoms with E-state index in [1.807, 2.05) is 42.5 Å². The fourth-order valence-electron chi connectivity index (χ4n) is 2.00. The van der Waals surface area contributed by atoms with E-state index in [2.05, 4.69) is 4.98 Å². The molecule has 0 atom stereocenters. The van der Waals surface area contributed by atoms with Gasteiger partial charge in [-0.05, 0) is 52.3 Å². The third-order valence-corrected chi connectivity index (χ3v) is 4.00. The number of aromatic nitrogens is 1. The van der Waals surface area contributed by atoms with Crippen molar-refractivity contribution < 1.29 is 13.2 Å². The number of nitrogen functional groups attached to an aromatic ring is 1. The van der Waals surface area contributed by atoms with Crippen LogP contribution < -0.4 is 5.73 Å². The maximum absolute atomic E-state index is 12.6. The van der Waals surface area contributed by atoms with Crippen molar-refractivity contribution in [3.8, 4) is 11.3 Å². The number of benzene rings is 1. The van der Waals surface area contributed by atoms with Gasteiger partial charge >= 0.3 is 6.18 Å². The summed E-state index contributed by atoms with van der Waals surface area (Å²) in [6, 6.07) is 6.83. The van der Waals surface area contributed by atoms with Gasteiger partial charge in [0.1, 0.15) is 3.70 Å². The molecule has 0 bridgehead atoms. The third-order valence-electron chi connectivity index (χ3n) is 3.17. The van der Waals surface area contributed by atoms with Gasteiger partial charge in [0.2, 0.25) is 0 Å². The molecule has 0 aliphatic carbocycles. The molecule has 0 radical (unpaired) electrons. The zero-order chi connectivity index (χ0) is 15.8. The number of alkyl halides is 3. The molecule has 6 heteroatoms. The Labute approximate surface area is 134 Å². The van der Waals surface area contributed by atoms with E-state index >= 15 is 0 Å². The number of rotatable bonds is 2. The summed E-state index contributed by atoms with van der Waals surface area (Å²) in [4.78, 5) is 4.36. The van der Waals surface area contributed by atoms with Crippen LogP contribution >= 0.6 is 22.6 Å². The molecule has 0 spiro atoms. The quantitative estimate of drug-likeness (QED) is 0.558. The van der Waals surface area contributed by atoms with Gasteiger partial charge in [0, 0.05) is 5.56 Å². The molecule has 21 heavy (non-hydrogen) atoms. The molecule has 2 rings (SSSR count). The second-order valence-electron chi connectivity index (χ2n) is 5.03. The summed E-state index contributed by atoms with van der Waals surface area (Å²) in [5.74, 6) is 0.217. The summed E-state index contributed by atoms with van der Waals surface area (Å²) < 4.78 is 38.4. The van der Waals surface area contributed by atoms with Gasteiger partial charge in [-0.3, -0.25) is 0 Å². The van der Waals surface area contributed by atoms with Crippen molar-refractivity contribution in [3.63, 3.8) is 0 Å². The molecule has 0 aliphatic rings. The monoisotopic (exact) mass is 406 g/mol. The minimum Gasteiger partial charge on any atom is -0.396 e. The first kappa shape index (κ1) is 16.1. The lowest BCUT2D eigenvalue weighted by molar-refractivity contribution is -0.137. The molecule has 1 aromatic carbocycles. The lowest BCUT2D eigenvalue weighted by Crippen LogP contribution is -2.05. The minimum absolute atomic E-state index is 0.217. The Morgan fingerprint density at radius 3 is 2.19 bits per heavy atom. The van der Waals surface area contributed by atoms with Gasteiger partial charge in [0.25, 0.3) is 0 Å². The van der Waals surface area contributed by atoms with Crippen LogP contribution in [0.2, 0.25) is 0 Å². The lowest BCUT2D eigenvalue weighted by Gasteiger charge is -2.13. The smallest absolute Gasteiger partial charge is 0.396 e. The topological polar surface area (TPSA) is 38.9 Å².